The summed E-state index contributed by atoms with van der Waals surface area (Å²) < 4.78 is 5.30. The number of hydrogen-bond donors (Lipinski definition) is 2. The number of hydrogen-bond acceptors (Lipinski definition) is 2. The molecule has 0 aromatic heterocycles. The molecular formula is C23H22N2O2. The van der Waals surface area contributed by atoms with E-state index in [1.807, 2.05) is 84.9 Å². The summed E-state index contributed by atoms with van der Waals surface area (Å²) in [6.45, 7) is 0. The lowest BCUT2D eigenvalue weighted by Crippen LogP contribution is -2.35. The Morgan fingerprint density at radius 1 is 0.852 bits per heavy atom. The molecule has 0 radical (unpaired) electrons. The second-order valence-electron chi connectivity index (χ2n) is 5.95. The maximum absolute atomic E-state index is 12.4. The van der Waals surface area contributed by atoms with Crippen LogP contribution in [-0.4, -0.2) is 13.1 Å². The monoisotopic (exact) mass is 358 g/mol. The van der Waals surface area contributed by atoms with E-state index < -0.39 is 0 Å². The fraction of sp³-hybridized carbons (Fsp3) is 0.0870. The highest BCUT2D eigenvalue weighted by Gasteiger charge is 2.15. The van der Waals surface area contributed by atoms with Gasteiger partial charge in [0.25, 0.3) is 0 Å². The van der Waals surface area contributed by atoms with Crippen molar-refractivity contribution in [3.63, 3.8) is 0 Å². The summed E-state index contributed by atoms with van der Waals surface area (Å²) >= 11 is 0. The second-order valence-corrected chi connectivity index (χ2v) is 5.95. The van der Waals surface area contributed by atoms with Crippen LogP contribution in [0.25, 0.3) is 6.08 Å². The molecule has 4 nitrogen and oxygen atoms in total. The Bertz CT molecular complexity index is 853. The highest BCUT2D eigenvalue weighted by molar-refractivity contribution is 5.77. The van der Waals surface area contributed by atoms with Crippen LogP contribution in [0.4, 0.5) is 4.79 Å². The minimum Gasteiger partial charge on any atom is -0.496 e. The molecule has 0 bridgehead atoms. The maximum atomic E-state index is 12.4. The minimum absolute atomic E-state index is 0.230. The van der Waals surface area contributed by atoms with Gasteiger partial charge in [-0.25, -0.2) is 4.79 Å². The zero-order valence-electron chi connectivity index (χ0n) is 15.1. The molecule has 0 spiro atoms. The van der Waals surface area contributed by atoms with Gasteiger partial charge in [0.2, 0.25) is 0 Å². The Morgan fingerprint density at radius 3 is 2.00 bits per heavy atom. The molecule has 0 heterocycles. The SMILES string of the molecule is COc1ccccc1/C=C/NC(=O)NC(c1ccccc1)c1ccccc1. The van der Waals surface area contributed by atoms with Crippen LogP contribution in [0.2, 0.25) is 0 Å². The van der Waals surface area contributed by atoms with Gasteiger partial charge in [0.05, 0.1) is 13.2 Å². The molecule has 0 saturated heterocycles. The summed E-state index contributed by atoms with van der Waals surface area (Å²) in [6, 6.07) is 26.9. The van der Waals surface area contributed by atoms with Gasteiger partial charge >= 0.3 is 6.03 Å². The van der Waals surface area contributed by atoms with Crippen LogP contribution in [-0.2, 0) is 0 Å². The first-order valence-corrected chi connectivity index (χ1v) is 8.74. The number of nitrogens with one attached hydrogen (secondary N) is 2. The summed E-state index contributed by atoms with van der Waals surface area (Å²) in [5.41, 5.74) is 2.93. The second kappa shape index (κ2) is 9.25. The maximum Gasteiger partial charge on any atom is 0.319 e. The average Bonchev–Trinajstić information content (AvgIpc) is 2.73. The lowest BCUT2D eigenvalue weighted by molar-refractivity contribution is 0.242. The molecular weight excluding hydrogens is 336 g/mol. The number of carbonyl (C=O) groups is 1. The van der Waals surface area contributed by atoms with E-state index in [1.54, 1.807) is 19.4 Å². The van der Waals surface area contributed by atoms with Gasteiger partial charge in [-0.1, -0.05) is 78.9 Å². The molecule has 3 rings (SSSR count). The third-order valence-electron chi connectivity index (χ3n) is 4.16. The molecule has 2 N–H and O–H groups in total. The highest BCUT2D eigenvalue weighted by Crippen LogP contribution is 2.21. The average molecular weight is 358 g/mol. The lowest BCUT2D eigenvalue weighted by Gasteiger charge is -2.19. The Hall–Kier alpha value is -3.53. The van der Waals surface area contributed by atoms with E-state index in [0.717, 1.165) is 22.4 Å². The van der Waals surface area contributed by atoms with Crippen LogP contribution < -0.4 is 15.4 Å². The number of rotatable bonds is 6. The van der Waals surface area contributed by atoms with Gasteiger partial charge in [-0.15, -0.1) is 0 Å². The van der Waals surface area contributed by atoms with E-state index in [2.05, 4.69) is 10.6 Å². The van der Waals surface area contributed by atoms with Crippen LogP contribution in [0.3, 0.4) is 0 Å². The molecule has 0 saturated carbocycles. The number of para-hydroxylation sites is 1. The number of benzene rings is 3. The Morgan fingerprint density at radius 2 is 1.41 bits per heavy atom. The molecule has 0 aliphatic carbocycles. The van der Waals surface area contributed by atoms with Gasteiger partial charge in [-0.05, 0) is 23.3 Å². The van der Waals surface area contributed by atoms with Crippen LogP contribution in [0, 0.1) is 0 Å². The van der Waals surface area contributed by atoms with E-state index in [9.17, 15) is 4.79 Å². The van der Waals surface area contributed by atoms with E-state index in [1.165, 1.54) is 0 Å². The summed E-state index contributed by atoms with van der Waals surface area (Å²) in [7, 11) is 1.62. The van der Waals surface area contributed by atoms with Gasteiger partial charge in [-0.2, -0.15) is 0 Å². The van der Waals surface area contributed by atoms with E-state index >= 15 is 0 Å². The third-order valence-corrected chi connectivity index (χ3v) is 4.16. The van der Waals surface area contributed by atoms with Crippen molar-refractivity contribution in [3.8, 4) is 5.75 Å². The van der Waals surface area contributed by atoms with Gasteiger partial charge in [0.15, 0.2) is 0 Å². The summed E-state index contributed by atoms with van der Waals surface area (Å²) in [4.78, 5) is 12.4. The van der Waals surface area contributed by atoms with Crippen LogP contribution >= 0.6 is 0 Å². The summed E-state index contributed by atoms with van der Waals surface area (Å²) in [5.74, 6) is 0.752. The summed E-state index contributed by atoms with van der Waals surface area (Å²) in [5, 5.41) is 5.80. The quantitative estimate of drug-likeness (QED) is 0.668. The molecule has 0 fully saturated rings. The first-order chi connectivity index (χ1) is 13.3. The smallest absolute Gasteiger partial charge is 0.319 e. The number of amides is 2. The van der Waals surface area contributed by atoms with Crippen molar-refractivity contribution < 1.29 is 9.53 Å². The van der Waals surface area contributed by atoms with Crippen LogP contribution in [0.5, 0.6) is 5.75 Å². The van der Waals surface area contributed by atoms with Gasteiger partial charge in [0.1, 0.15) is 5.75 Å². The van der Waals surface area contributed by atoms with Crippen molar-refractivity contribution in [2.75, 3.05) is 7.11 Å². The third kappa shape index (κ3) is 4.98. The Balaban J connectivity index is 1.71. The summed E-state index contributed by atoms with van der Waals surface area (Å²) in [6.07, 6.45) is 3.42. The Kier molecular flexibility index (Phi) is 6.26. The molecule has 136 valence electrons. The fourth-order valence-electron chi connectivity index (χ4n) is 2.83. The molecule has 4 heteroatoms. The zero-order valence-corrected chi connectivity index (χ0v) is 15.1. The van der Waals surface area contributed by atoms with Crippen molar-refractivity contribution in [1.29, 1.82) is 0 Å². The minimum atomic E-state index is -0.279. The zero-order chi connectivity index (χ0) is 18.9. The Labute approximate surface area is 159 Å². The number of methoxy groups -OCH3 is 1. The molecule has 27 heavy (non-hydrogen) atoms. The molecule has 0 aliphatic heterocycles. The molecule has 0 aliphatic rings. The van der Waals surface area contributed by atoms with Crippen molar-refractivity contribution >= 4 is 12.1 Å². The first kappa shape index (κ1) is 18.3. The van der Waals surface area contributed by atoms with E-state index in [0.29, 0.717) is 0 Å². The van der Waals surface area contributed by atoms with E-state index in [4.69, 9.17) is 4.74 Å². The topological polar surface area (TPSA) is 50.4 Å². The van der Waals surface area contributed by atoms with Crippen LogP contribution in [0.1, 0.15) is 22.7 Å². The van der Waals surface area contributed by atoms with Crippen molar-refractivity contribution in [2.45, 2.75) is 6.04 Å². The molecule has 0 unspecified atom stereocenters. The predicted molar refractivity (Wildman–Crippen MR) is 108 cm³/mol. The van der Waals surface area contributed by atoms with Crippen LogP contribution in [0.15, 0.2) is 91.1 Å². The normalized spacial score (nSPS) is 10.7. The van der Waals surface area contributed by atoms with Crippen molar-refractivity contribution in [1.82, 2.24) is 10.6 Å². The number of urea groups is 1. The molecule has 3 aromatic rings. The molecule has 2 amide bonds. The predicted octanol–water partition coefficient (Wildman–Crippen LogP) is 4.75. The fourth-order valence-corrected chi connectivity index (χ4v) is 2.83. The van der Waals surface area contributed by atoms with Gasteiger partial charge in [0, 0.05) is 11.8 Å². The van der Waals surface area contributed by atoms with Crippen molar-refractivity contribution in [3.05, 3.63) is 108 Å². The standard InChI is InChI=1S/C23H22N2O2/c1-27-21-15-9-8-10-18(21)16-17-24-23(26)25-22(19-11-4-2-5-12-19)20-13-6-3-7-14-20/h2-17,22H,1H3,(H2,24,25,26)/b17-16+. The molecule has 0 atom stereocenters. The highest BCUT2D eigenvalue weighted by atomic mass is 16.5. The van der Waals surface area contributed by atoms with E-state index in [-0.39, 0.29) is 12.1 Å². The van der Waals surface area contributed by atoms with Gasteiger partial charge < -0.3 is 15.4 Å². The van der Waals surface area contributed by atoms with Crippen molar-refractivity contribution in [2.24, 2.45) is 0 Å². The number of carbonyl (C=O) groups excluding carboxylic acids is 1. The largest absolute Gasteiger partial charge is 0.496 e. The first-order valence-electron chi connectivity index (χ1n) is 8.74. The molecule has 3 aromatic carbocycles. The number of ether oxygens (including phenoxy) is 1. The van der Waals surface area contributed by atoms with Gasteiger partial charge in [-0.3, -0.25) is 0 Å². The lowest BCUT2D eigenvalue weighted by atomic mass is 9.99.